The van der Waals surface area contributed by atoms with Crippen LogP contribution in [0.5, 0.6) is 0 Å². The van der Waals surface area contributed by atoms with Crippen molar-refractivity contribution >= 4 is 0 Å². The van der Waals surface area contributed by atoms with Gasteiger partial charge in [-0.05, 0) is 56.5 Å². The van der Waals surface area contributed by atoms with Crippen LogP contribution in [0.1, 0.15) is 59.3 Å². The summed E-state index contributed by atoms with van der Waals surface area (Å²) in [4.78, 5) is 2.78. The summed E-state index contributed by atoms with van der Waals surface area (Å²) < 4.78 is 0. The topological polar surface area (TPSA) is 3.24 Å². The Morgan fingerprint density at radius 2 is 1.67 bits per heavy atom. The molecule has 0 amide bonds. The van der Waals surface area contributed by atoms with Crippen LogP contribution in [0.15, 0.2) is 0 Å². The first-order chi connectivity index (χ1) is 7.07. The highest BCUT2D eigenvalue weighted by molar-refractivity contribution is 4.88. The van der Waals surface area contributed by atoms with Crippen molar-refractivity contribution in [3.63, 3.8) is 0 Å². The number of rotatable bonds is 1. The zero-order chi connectivity index (χ0) is 10.9. The third kappa shape index (κ3) is 2.96. The fraction of sp³-hybridized carbons (Fsp3) is 1.00. The zero-order valence-corrected chi connectivity index (χ0v) is 10.8. The Bertz CT molecular complexity index is 203. The van der Waals surface area contributed by atoms with Gasteiger partial charge in [0.1, 0.15) is 0 Å². The molecule has 0 aromatic carbocycles. The first-order valence-electron chi connectivity index (χ1n) is 6.81. The zero-order valence-electron chi connectivity index (χ0n) is 10.8. The Kier molecular flexibility index (Phi) is 3.39. The maximum atomic E-state index is 2.78. The summed E-state index contributed by atoms with van der Waals surface area (Å²) in [5.74, 6) is 0.931. The molecule has 0 N–H and O–H groups in total. The van der Waals surface area contributed by atoms with Crippen molar-refractivity contribution in [3.05, 3.63) is 0 Å². The van der Waals surface area contributed by atoms with Crippen LogP contribution in [0.2, 0.25) is 0 Å². The van der Waals surface area contributed by atoms with Crippen molar-refractivity contribution in [2.75, 3.05) is 13.1 Å². The Balaban J connectivity index is 1.95. The maximum absolute atomic E-state index is 2.78. The fourth-order valence-corrected chi connectivity index (χ4v) is 3.86. The van der Waals surface area contributed by atoms with Gasteiger partial charge in [0, 0.05) is 6.04 Å². The van der Waals surface area contributed by atoms with Crippen LogP contribution in [0.4, 0.5) is 0 Å². The minimum atomic E-state index is 0.583. The molecule has 0 aromatic heterocycles. The van der Waals surface area contributed by atoms with Gasteiger partial charge in [0.05, 0.1) is 0 Å². The maximum Gasteiger partial charge on any atom is 0.0103 e. The Hall–Kier alpha value is -0.0400. The lowest BCUT2D eigenvalue weighted by Gasteiger charge is -2.45. The molecule has 2 rings (SSSR count). The minimum Gasteiger partial charge on any atom is -0.300 e. The molecule has 88 valence electrons. The molecule has 1 nitrogen and oxygen atoms in total. The van der Waals surface area contributed by atoms with Gasteiger partial charge in [-0.3, -0.25) is 0 Å². The van der Waals surface area contributed by atoms with Gasteiger partial charge in [-0.15, -0.1) is 0 Å². The molecular weight excluding hydrogens is 182 g/mol. The number of piperidine rings is 1. The molecule has 2 atom stereocenters. The molecule has 15 heavy (non-hydrogen) atoms. The normalized spacial score (nSPS) is 37.8. The second-order valence-electron chi connectivity index (χ2n) is 6.66. The van der Waals surface area contributed by atoms with Gasteiger partial charge < -0.3 is 4.90 Å². The number of hydrogen-bond donors (Lipinski definition) is 0. The molecule has 2 aliphatic rings. The van der Waals surface area contributed by atoms with Crippen molar-refractivity contribution in [1.29, 1.82) is 0 Å². The van der Waals surface area contributed by atoms with Crippen molar-refractivity contribution in [2.45, 2.75) is 65.3 Å². The summed E-state index contributed by atoms with van der Waals surface area (Å²) in [7, 11) is 0. The van der Waals surface area contributed by atoms with E-state index in [9.17, 15) is 0 Å². The molecule has 2 unspecified atom stereocenters. The Morgan fingerprint density at radius 1 is 1.00 bits per heavy atom. The monoisotopic (exact) mass is 209 g/mol. The first kappa shape index (κ1) is 11.4. The van der Waals surface area contributed by atoms with Crippen molar-refractivity contribution in [2.24, 2.45) is 11.3 Å². The van der Waals surface area contributed by atoms with Crippen LogP contribution in [0.25, 0.3) is 0 Å². The van der Waals surface area contributed by atoms with E-state index in [4.69, 9.17) is 0 Å². The second kappa shape index (κ2) is 4.45. The van der Waals surface area contributed by atoms with Crippen LogP contribution in [-0.2, 0) is 0 Å². The van der Waals surface area contributed by atoms with E-state index in [0.29, 0.717) is 5.41 Å². The van der Waals surface area contributed by atoms with Gasteiger partial charge >= 0.3 is 0 Å². The summed E-state index contributed by atoms with van der Waals surface area (Å²) in [5.41, 5.74) is 0.583. The summed E-state index contributed by atoms with van der Waals surface area (Å²) in [6, 6.07) is 0.893. The van der Waals surface area contributed by atoms with Crippen LogP contribution >= 0.6 is 0 Å². The molecule has 2 fully saturated rings. The molecule has 1 aliphatic carbocycles. The SMILES string of the molecule is CC1CC(N2CCCCC2)CC(C)(C)C1. The number of likely N-dealkylation sites (tertiary alicyclic amines) is 1. The summed E-state index contributed by atoms with van der Waals surface area (Å²) in [6.45, 7) is 10.1. The van der Waals surface area contributed by atoms with Gasteiger partial charge in [-0.2, -0.15) is 0 Å². The lowest BCUT2D eigenvalue weighted by molar-refractivity contribution is 0.0551. The molecule has 1 saturated carbocycles. The van der Waals surface area contributed by atoms with Crippen LogP contribution in [0, 0.1) is 11.3 Å². The second-order valence-corrected chi connectivity index (χ2v) is 6.66. The molecule has 0 bridgehead atoms. The van der Waals surface area contributed by atoms with Crippen molar-refractivity contribution in [3.8, 4) is 0 Å². The standard InChI is InChI=1S/C14H27N/c1-12-9-13(11-14(2,3)10-12)15-7-5-4-6-8-15/h12-13H,4-11H2,1-3H3. The quantitative estimate of drug-likeness (QED) is 0.636. The lowest BCUT2D eigenvalue weighted by atomic mass is 9.70. The lowest BCUT2D eigenvalue weighted by Crippen LogP contribution is -2.45. The average Bonchev–Trinajstić information content (AvgIpc) is 2.16. The minimum absolute atomic E-state index is 0.583. The van der Waals surface area contributed by atoms with E-state index in [-0.39, 0.29) is 0 Å². The van der Waals surface area contributed by atoms with Gasteiger partial charge in [0.25, 0.3) is 0 Å². The van der Waals surface area contributed by atoms with Crippen LogP contribution < -0.4 is 0 Å². The summed E-state index contributed by atoms with van der Waals surface area (Å²) in [6.07, 6.45) is 8.64. The molecule has 0 spiro atoms. The van der Waals surface area contributed by atoms with E-state index in [1.165, 1.54) is 51.6 Å². The van der Waals surface area contributed by atoms with E-state index in [2.05, 4.69) is 25.7 Å². The Labute approximate surface area is 95.2 Å². The highest BCUT2D eigenvalue weighted by atomic mass is 15.2. The molecule has 1 saturated heterocycles. The van der Waals surface area contributed by atoms with Crippen LogP contribution in [-0.4, -0.2) is 24.0 Å². The molecule has 0 aromatic rings. The Morgan fingerprint density at radius 3 is 2.27 bits per heavy atom. The third-order valence-electron chi connectivity index (χ3n) is 4.27. The molecule has 1 heteroatoms. The fourth-order valence-electron chi connectivity index (χ4n) is 3.86. The van der Waals surface area contributed by atoms with E-state index >= 15 is 0 Å². The number of nitrogens with zero attached hydrogens (tertiary/aromatic N) is 1. The predicted molar refractivity (Wildman–Crippen MR) is 66.0 cm³/mol. The molecule has 1 aliphatic heterocycles. The van der Waals surface area contributed by atoms with Gasteiger partial charge in [0.2, 0.25) is 0 Å². The van der Waals surface area contributed by atoms with Crippen molar-refractivity contribution in [1.82, 2.24) is 4.90 Å². The van der Waals surface area contributed by atoms with E-state index in [1.54, 1.807) is 0 Å². The molecule has 0 radical (unpaired) electrons. The van der Waals surface area contributed by atoms with Crippen molar-refractivity contribution < 1.29 is 0 Å². The van der Waals surface area contributed by atoms with Gasteiger partial charge in [0.15, 0.2) is 0 Å². The molecular formula is C14H27N. The van der Waals surface area contributed by atoms with E-state index in [0.717, 1.165) is 12.0 Å². The van der Waals surface area contributed by atoms with Crippen LogP contribution in [0.3, 0.4) is 0 Å². The highest BCUT2D eigenvalue weighted by Crippen LogP contribution is 2.40. The number of hydrogen-bond acceptors (Lipinski definition) is 1. The first-order valence-corrected chi connectivity index (χ1v) is 6.81. The average molecular weight is 209 g/mol. The van der Waals surface area contributed by atoms with Gasteiger partial charge in [-0.25, -0.2) is 0 Å². The largest absolute Gasteiger partial charge is 0.300 e. The van der Waals surface area contributed by atoms with E-state index in [1.807, 2.05) is 0 Å². The molecule has 1 heterocycles. The highest BCUT2D eigenvalue weighted by Gasteiger charge is 2.34. The van der Waals surface area contributed by atoms with Gasteiger partial charge in [-0.1, -0.05) is 27.2 Å². The summed E-state index contributed by atoms with van der Waals surface area (Å²) >= 11 is 0. The smallest absolute Gasteiger partial charge is 0.0103 e. The third-order valence-corrected chi connectivity index (χ3v) is 4.27. The van der Waals surface area contributed by atoms with E-state index < -0.39 is 0 Å². The predicted octanol–water partition coefficient (Wildman–Crippen LogP) is 3.69. The summed E-state index contributed by atoms with van der Waals surface area (Å²) in [5, 5.41) is 0.